The standard InChI is InChI=1S/C14H14N6/c1-2-10-8-13(20-15)19-14(18-10)9-3-4-11-12(7-9)17-6-5-16-11/h3-8H,2,15H2,1H3,(H,18,19,20). The molecule has 3 rings (SSSR count). The Morgan fingerprint density at radius 2 is 1.85 bits per heavy atom. The van der Waals surface area contributed by atoms with Crippen molar-refractivity contribution in [1.29, 1.82) is 0 Å². The van der Waals surface area contributed by atoms with Crippen molar-refractivity contribution < 1.29 is 0 Å². The molecule has 0 spiro atoms. The summed E-state index contributed by atoms with van der Waals surface area (Å²) >= 11 is 0. The van der Waals surface area contributed by atoms with E-state index in [0.29, 0.717) is 11.6 Å². The Bertz CT molecular complexity index is 733. The number of rotatable bonds is 3. The molecule has 0 aliphatic heterocycles. The predicted molar refractivity (Wildman–Crippen MR) is 77.8 cm³/mol. The lowest BCUT2D eigenvalue weighted by Crippen LogP contribution is -2.10. The van der Waals surface area contributed by atoms with Crippen LogP contribution in [-0.2, 0) is 6.42 Å². The van der Waals surface area contributed by atoms with Crippen LogP contribution in [0.5, 0.6) is 0 Å². The van der Waals surface area contributed by atoms with Gasteiger partial charge in [0.25, 0.3) is 0 Å². The summed E-state index contributed by atoms with van der Waals surface area (Å²) in [7, 11) is 0. The van der Waals surface area contributed by atoms with E-state index >= 15 is 0 Å². The van der Waals surface area contributed by atoms with Crippen molar-refractivity contribution in [2.45, 2.75) is 13.3 Å². The molecule has 0 saturated heterocycles. The number of nitrogens with zero attached hydrogens (tertiary/aromatic N) is 4. The highest BCUT2D eigenvalue weighted by Crippen LogP contribution is 2.21. The molecule has 100 valence electrons. The molecule has 0 aliphatic rings. The lowest BCUT2D eigenvalue weighted by molar-refractivity contribution is 1.00. The van der Waals surface area contributed by atoms with Gasteiger partial charge in [-0.25, -0.2) is 15.8 Å². The lowest BCUT2D eigenvalue weighted by Gasteiger charge is -2.07. The summed E-state index contributed by atoms with van der Waals surface area (Å²) in [4.78, 5) is 17.4. The minimum Gasteiger partial charge on any atom is -0.308 e. The maximum Gasteiger partial charge on any atom is 0.161 e. The molecule has 2 aromatic heterocycles. The third-order valence-corrected chi connectivity index (χ3v) is 3.02. The first-order valence-corrected chi connectivity index (χ1v) is 6.36. The van der Waals surface area contributed by atoms with Gasteiger partial charge in [-0.2, -0.15) is 0 Å². The van der Waals surface area contributed by atoms with Gasteiger partial charge < -0.3 is 5.43 Å². The van der Waals surface area contributed by atoms with E-state index < -0.39 is 0 Å². The summed E-state index contributed by atoms with van der Waals surface area (Å²) in [5, 5.41) is 0. The van der Waals surface area contributed by atoms with E-state index in [2.05, 4.69) is 25.4 Å². The van der Waals surface area contributed by atoms with E-state index in [0.717, 1.165) is 28.7 Å². The first-order valence-electron chi connectivity index (χ1n) is 6.36. The predicted octanol–water partition coefficient (Wildman–Crippen LogP) is 1.93. The normalized spacial score (nSPS) is 10.7. The molecule has 6 nitrogen and oxygen atoms in total. The smallest absolute Gasteiger partial charge is 0.161 e. The lowest BCUT2D eigenvalue weighted by atomic mass is 10.1. The number of aromatic nitrogens is 4. The van der Waals surface area contributed by atoms with Gasteiger partial charge in [-0.3, -0.25) is 9.97 Å². The van der Waals surface area contributed by atoms with Crippen LogP contribution in [0, 0.1) is 0 Å². The average molecular weight is 266 g/mol. The molecule has 0 saturated carbocycles. The number of nitrogens with two attached hydrogens (primary N) is 1. The van der Waals surface area contributed by atoms with Gasteiger partial charge in [0.05, 0.1) is 11.0 Å². The highest BCUT2D eigenvalue weighted by molar-refractivity contribution is 5.79. The Morgan fingerprint density at radius 3 is 2.60 bits per heavy atom. The van der Waals surface area contributed by atoms with Crippen molar-refractivity contribution in [3.05, 3.63) is 42.4 Å². The molecule has 0 atom stereocenters. The molecule has 0 unspecified atom stereocenters. The third kappa shape index (κ3) is 2.28. The van der Waals surface area contributed by atoms with Crippen LogP contribution in [-0.4, -0.2) is 19.9 Å². The molecule has 3 N–H and O–H groups in total. The van der Waals surface area contributed by atoms with E-state index in [-0.39, 0.29) is 0 Å². The van der Waals surface area contributed by atoms with E-state index in [1.54, 1.807) is 12.4 Å². The van der Waals surface area contributed by atoms with Gasteiger partial charge in [0, 0.05) is 29.7 Å². The number of nitrogens with one attached hydrogen (secondary N) is 1. The van der Waals surface area contributed by atoms with Crippen molar-refractivity contribution >= 4 is 16.9 Å². The van der Waals surface area contributed by atoms with Crippen molar-refractivity contribution in [3.8, 4) is 11.4 Å². The second-order valence-corrected chi connectivity index (χ2v) is 4.33. The van der Waals surface area contributed by atoms with E-state index in [4.69, 9.17) is 5.84 Å². The zero-order valence-corrected chi connectivity index (χ0v) is 11.0. The Labute approximate surface area is 116 Å². The SMILES string of the molecule is CCc1cc(NN)nc(-c2ccc3nccnc3c2)n1. The number of hydrazine groups is 1. The summed E-state index contributed by atoms with van der Waals surface area (Å²) in [5.41, 5.74) is 6.06. The second kappa shape index (κ2) is 5.18. The highest BCUT2D eigenvalue weighted by Gasteiger charge is 2.07. The monoisotopic (exact) mass is 266 g/mol. The number of nitrogen functional groups attached to an aromatic ring is 1. The number of anilines is 1. The molecule has 6 heteroatoms. The Morgan fingerprint density at radius 1 is 1.05 bits per heavy atom. The fraction of sp³-hybridized carbons (Fsp3) is 0.143. The van der Waals surface area contributed by atoms with Crippen LogP contribution in [0.3, 0.4) is 0 Å². The van der Waals surface area contributed by atoms with Crippen LogP contribution < -0.4 is 11.3 Å². The number of fused-ring (bicyclic) bond motifs is 1. The quantitative estimate of drug-likeness (QED) is 0.556. The zero-order valence-electron chi connectivity index (χ0n) is 11.0. The van der Waals surface area contributed by atoms with Gasteiger partial charge in [-0.1, -0.05) is 6.92 Å². The number of benzene rings is 1. The van der Waals surface area contributed by atoms with Gasteiger partial charge in [0.1, 0.15) is 5.82 Å². The molecule has 20 heavy (non-hydrogen) atoms. The van der Waals surface area contributed by atoms with E-state index in [1.165, 1.54) is 0 Å². The maximum absolute atomic E-state index is 5.45. The molecule has 3 aromatic rings. The minimum absolute atomic E-state index is 0.603. The van der Waals surface area contributed by atoms with Crippen LogP contribution in [0.25, 0.3) is 22.4 Å². The van der Waals surface area contributed by atoms with Gasteiger partial charge in [0.2, 0.25) is 0 Å². The topological polar surface area (TPSA) is 89.6 Å². The van der Waals surface area contributed by atoms with Crippen LogP contribution >= 0.6 is 0 Å². The van der Waals surface area contributed by atoms with E-state index in [9.17, 15) is 0 Å². The summed E-state index contributed by atoms with van der Waals surface area (Å²) in [6.07, 6.45) is 4.16. The number of hydrogen-bond acceptors (Lipinski definition) is 6. The zero-order chi connectivity index (χ0) is 13.9. The highest BCUT2D eigenvalue weighted by atomic mass is 15.3. The first-order chi connectivity index (χ1) is 9.80. The molecule has 0 radical (unpaired) electrons. The molecule has 0 fully saturated rings. The largest absolute Gasteiger partial charge is 0.308 e. The summed E-state index contributed by atoms with van der Waals surface area (Å²) < 4.78 is 0. The van der Waals surface area contributed by atoms with Crippen LogP contribution in [0.2, 0.25) is 0 Å². The van der Waals surface area contributed by atoms with Crippen molar-refractivity contribution in [2.24, 2.45) is 5.84 Å². The van der Waals surface area contributed by atoms with Crippen molar-refractivity contribution in [2.75, 3.05) is 5.43 Å². The van der Waals surface area contributed by atoms with Gasteiger partial charge in [-0.15, -0.1) is 0 Å². The Hall–Kier alpha value is -2.60. The number of hydrogen-bond donors (Lipinski definition) is 2. The molecule has 1 aromatic carbocycles. The molecule has 0 amide bonds. The second-order valence-electron chi connectivity index (χ2n) is 4.33. The van der Waals surface area contributed by atoms with Crippen molar-refractivity contribution in [1.82, 2.24) is 19.9 Å². The van der Waals surface area contributed by atoms with Gasteiger partial charge in [-0.05, 0) is 24.6 Å². The average Bonchev–Trinajstić information content (AvgIpc) is 2.53. The molecular formula is C14H14N6. The molecule has 0 aliphatic carbocycles. The van der Waals surface area contributed by atoms with Crippen LogP contribution in [0.1, 0.15) is 12.6 Å². The summed E-state index contributed by atoms with van der Waals surface area (Å²) in [5.74, 6) is 6.68. The summed E-state index contributed by atoms with van der Waals surface area (Å²) in [6, 6.07) is 7.61. The van der Waals surface area contributed by atoms with Gasteiger partial charge in [0.15, 0.2) is 5.82 Å². The first kappa shape index (κ1) is 12.4. The molecule has 0 bridgehead atoms. The summed E-state index contributed by atoms with van der Waals surface area (Å²) in [6.45, 7) is 2.04. The Kier molecular flexibility index (Phi) is 3.22. The third-order valence-electron chi connectivity index (χ3n) is 3.02. The van der Waals surface area contributed by atoms with Crippen LogP contribution in [0.15, 0.2) is 36.7 Å². The van der Waals surface area contributed by atoms with Gasteiger partial charge >= 0.3 is 0 Å². The maximum atomic E-state index is 5.45. The van der Waals surface area contributed by atoms with Crippen molar-refractivity contribution in [3.63, 3.8) is 0 Å². The van der Waals surface area contributed by atoms with E-state index in [1.807, 2.05) is 31.2 Å². The molecule has 2 heterocycles. The number of aryl methyl sites for hydroxylation is 1. The fourth-order valence-corrected chi connectivity index (χ4v) is 1.98. The van der Waals surface area contributed by atoms with Crippen LogP contribution in [0.4, 0.5) is 5.82 Å². The molecular weight excluding hydrogens is 252 g/mol. The fourth-order valence-electron chi connectivity index (χ4n) is 1.98. The minimum atomic E-state index is 0.603. The Balaban J connectivity index is 2.14.